The topological polar surface area (TPSA) is 66.6 Å². The van der Waals surface area contributed by atoms with Crippen LogP contribution in [0.3, 0.4) is 0 Å². The fourth-order valence-electron chi connectivity index (χ4n) is 2.08. The Labute approximate surface area is 114 Å². The Morgan fingerprint density at radius 2 is 1.95 bits per heavy atom. The maximum Gasteiger partial charge on any atom is 0.312 e. The van der Waals surface area contributed by atoms with Crippen LogP contribution in [0, 0.1) is 11.6 Å². The average molecular weight is 283 g/mol. The maximum atomic E-state index is 13.6. The monoisotopic (exact) mass is 283 g/mol. The van der Waals surface area contributed by atoms with Crippen molar-refractivity contribution in [3.8, 4) is 0 Å². The molecule has 1 aromatic carbocycles. The number of hydrogen-bond donors (Lipinski definition) is 1. The van der Waals surface area contributed by atoms with Gasteiger partial charge in [0.25, 0.3) is 0 Å². The van der Waals surface area contributed by atoms with Gasteiger partial charge in [0.05, 0.1) is 6.04 Å². The van der Waals surface area contributed by atoms with Crippen LogP contribution in [0.15, 0.2) is 18.2 Å². The lowest BCUT2D eigenvalue weighted by Crippen LogP contribution is -2.54. The van der Waals surface area contributed by atoms with Gasteiger partial charge in [0.1, 0.15) is 11.6 Å². The summed E-state index contributed by atoms with van der Waals surface area (Å²) in [6.45, 7) is 0.766. The van der Waals surface area contributed by atoms with Gasteiger partial charge in [-0.2, -0.15) is 0 Å². The molecule has 2 N–H and O–H groups in total. The van der Waals surface area contributed by atoms with Crippen LogP contribution in [0.1, 0.15) is 11.6 Å². The largest absolute Gasteiger partial charge is 0.336 e. The summed E-state index contributed by atoms with van der Waals surface area (Å²) in [5, 5.41) is 0. The van der Waals surface area contributed by atoms with E-state index < -0.39 is 29.5 Å². The van der Waals surface area contributed by atoms with Gasteiger partial charge >= 0.3 is 11.8 Å². The highest BCUT2D eigenvalue weighted by atomic mass is 19.1. The molecule has 0 radical (unpaired) electrons. The zero-order valence-electron chi connectivity index (χ0n) is 11.0. The summed E-state index contributed by atoms with van der Waals surface area (Å²) in [7, 11) is 1.54. The number of carbonyl (C=O) groups excluding carboxylic acids is 2. The molecule has 1 heterocycles. The van der Waals surface area contributed by atoms with Gasteiger partial charge in [-0.05, 0) is 6.07 Å². The number of benzene rings is 1. The van der Waals surface area contributed by atoms with E-state index in [9.17, 15) is 18.4 Å². The number of carbonyl (C=O) groups is 2. The number of hydrogen-bond acceptors (Lipinski definition) is 3. The molecular weight excluding hydrogens is 268 g/mol. The van der Waals surface area contributed by atoms with E-state index in [1.807, 2.05) is 0 Å². The van der Waals surface area contributed by atoms with E-state index in [-0.39, 0.29) is 12.1 Å². The summed E-state index contributed by atoms with van der Waals surface area (Å²) in [4.78, 5) is 25.9. The standard InChI is InChI=1S/C13H15F2N3O2/c1-17-4-5-18(13(20)12(17)19)7-11(16)9-3-2-8(14)6-10(9)15/h2-3,6,11H,4-5,7,16H2,1H3. The fraction of sp³-hybridized carbons (Fsp3) is 0.385. The quantitative estimate of drug-likeness (QED) is 0.809. The second-order valence-electron chi connectivity index (χ2n) is 4.75. The Morgan fingerprint density at radius 1 is 1.25 bits per heavy atom. The van der Waals surface area contributed by atoms with E-state index in [1.54, 1.807) is 0 Å². The predicted octanol–water partition coefficient (Wildman–Crippen LogP) is 0.265. The van der Waals surface area contributed by atoms with Crippen LogP contribution < -0.4 is 5.73 Å². The van der Waals surface area contributed by atoms with E-state index in [0.717, 1.165) is 12.1 Å². The second kappa shape index (κ2) is 5.54. The van der Waals surface area contributed by atoms with Crippen molar-refractivity contribution in [2.45, 2.75) is 6.04 Å². The van der Waals surface area contributed by atoms with Gasteiger partial charge in [-0.1, -0.05) is 6.07 Å². The third-order valence-electron chi connectivity index (χ3n) is 3.30. The van der Waals surface area contributed by atoms with E-state index in [4.69, 9.17) is 5.73 Å². The summed E-state index contributed by atoms with van der Waals surface area (Å²) in [5.41, 5.74) is 5.95. The molecule has 20 heavy (non-hydrogen) atoms. The van der Waals surface area contributed by atoms with E-state index >= 15 is 0 Å². The second-order valence-corrected chi connectivity index (χ2v) is 4.75. The molecule has 1 fully saturated rings. The Bertz CT molecular complexity index is 550. The Balaban J connectivity index is 2.10. The number of piperazine rings is 1. The zero-order valence-corrected chi connectivity index (χ0v) is 11.0. The number of nitrogens with two attached hydrogens (primary N) is 1. The van der Waals surface area contributed by atoms with Crippen molar-refractivity contribution in [1.82, 2.24) is 9.80 Å². The molecule has 0 spiro atoms. The fourth-order valence-corrected chi connectivity index (χ4v) is 2.08. The van der Waals surface area contributed by atoms with Crippen LogP contribution >= 0.6 is 0 Å². The van der Waals surface area contributed by atoms with Gasteiger partial charge < -0.3 is 15.5 Å². The van der Waals surface area contributed by atoms with E-state index in [0.29, 0.717) is 13.1 Å². The predicted molar refractivity (Wildman–Crippen MR) is 67.5 cm³/mol. The van der Waals surface area contributed by atoms with Gasteiger partial charge in [-0.15, -0.1) is 0 Å². The van der Waals surface area contributed by atoms with Crippen molar-refractivity contribution in [1.29, 1.82) is 0 Å². The van der Waals surface area contributed by atoms with Crippen LogP contribution in [0.25, 0.3) is 0 Å². The van der Waals surface area contributed by atoms with Gasteiger partial charge in [0.2, 0.25) is 0 Å². The maximum absolute atomic E-state index is 13.6. The van der Waals surface area contributed by atoms with Crippen molar-refractivity contribution in [2.75, 3.05) is 26.7 Å². The number of rotatable bonds is 3. The van der Waals surface area contributed by atoms with Gasteiger partial charge in [-0.25, -0.2) is 8.78 Å². The summed E-state index contributed by atoms with van der Waals surface area (Å²) in [6, 6.07) is 2.29. The normalized spacial score (nSPS) is 17.6. The molecule has 1 saturated heterocycles. The third-order valence-corrected chi connectivity index (χ3v) is 3.30. The minimum Gasteiger partial charge on any atom is -0.336 e. The van der Waals surface area contributed by atoms with Gasteiger partial charge in [-0.3, -0.25) is 9.59 Å². The van der Waals surface area contributed by atoms with E-state index in [1.165, 1.54) is 22.9 Å². The minimum atomic E-state index is -0.809. The van der Waals surface area contributed by atoms with Crippen LogP contribution in [-0.4, -0.2) is 48.3 Å². The van der Waals surface area contributed by atoms with Crippen molar-refractivity contribution in [3.63, 3.8) is 0 Å². The molecule has 1 aromatic rings. The zero-order chi connectivity index (χ0) is 14.9. The average Bonchev–Trinajstić information content (AvgIpc) is 2.39. The first-order valence-electron chi connectivity index (χ1n) is 6.15. The lowest BCUT2D eigenvalue weighted by atomic mass is 10.1. The Hall–Kier alpha value is -2.02. The van der Waals surface area contributed by atoms with Crippen molar-refractivity contribution in [3.05, 3.63) is 35.4 Å². The molecule has 0 saturated carbocycles. The van der Waals surface area contributed by atoms with E-state index in [2.05, 4.69) is 0 Å². The molecule has 2 rings (SSSR count). The van der Waals surface area contributed by atoms with Crippen LogP contribution in [0.2, 0.25) is 0 Å². The molecule has 1 atom stereocenters. The molecule has 1 unspecified atom stereocenters. The molecule has 5 nitrogen and oxygen atoms in total. The molecule has 7 heteroatoms. The minimum absolute atomic E-state index is 0.0148. The Kier molecular flexibility index (Phi) is 3.99. The SMILES string of the molecule is CN1CCN(CC(N)c2ccc(F)cc2F)C(=O)C1=O. The number of halogens is 2. The first-order chi connectivity index (χ1) is 9.40. The molecule has 108 valence electrons. The van der Waals surface area contributed by atoms with Crippen molar-refractivity contribution in [2.24, 2.45) is 5.73 Å². The highest BCUT2D eigenvalue weighted by Gasteiger charge is 2.31. The Morgan fingerprint density at radius 3 is 2.60 bits per heavy atom. The van der Waals surface area contributed by atoms with Crippen LogP contribution in [0.5, 0.6) is 0 Å². The van der Waals surface area contributed by atoms with Gasteiger partial charge in [0.15, 0.2) is 0 Å². The third kappa shape index (κ3) is 2.77. The summed E-state index contributed by atoms with van der Waals surface area (Å²) in [5.74, 6) is -2.71. The summed E-state index contributed by atoms with van der Waals surface area (Å²) >= 11 is 0. The van der Waals surface area contributed by atoms with Crippen LogP contribution in [0.4, 0.5) is 8.78 Å². The highest BCUT2D eigenvalue weighted by Crippen LogP contribution is 2.18. The lowest BCUT2D eigenvalue weighted by molar-refractivity contribution is -0.155. The molecule has 0 bridgehead atoms. The molecular formula is C13H15F2N3O2. The summed E-state index contributed by atoms with van der Waals surface area (Å²) < 4.78 is 26.4. The lowest BCUT2D eigenvalue weighted by Gasteiger charge is -2.33. The highest BCUT2D eigenvalue weighted by molar-refractivity contribution is 6.35. The molecule has 1 aliphatic heterocycles. The van der Waals surface area contributed by atoms with Gasteiger partial charge in [0, 0.05) is 38.3 Å². The van der Waals surface area contributed by atoms with Crippen molar-refractivity contribution >= 4 is 11.8 Å². The molecule has 2 amide bonds. The number of amides is 2. The smallest absolute Gasteiger partial charge is 0.312 e. The number of nitrogens with zero attached hydrogens (tertiary/aromatic N) is 2. The first-order valence-corrected chi connectivity index (χ1v) is 6.15. The summed E-state index contributed by atoms with van der Waals surface area (Å²) in [6.07, 6.45) is 0. The number of likely N-dealkylation sites (N-methyl/N-ethyl adjacent to an activating group) is 1. The molecule has 1 aliphatic rings. The van der Waals surface area contributed by atoms with Crippen molar-refractivity contribution < 1.29 is 18.4 Å². The molecule has 0 aliphatic carbocycles. The first kappa shape index (κ1) is 14.4. The molecule has 0 aromatic heterocycles. The van der Waals surface area contributed by atoms with Crippen LogP contribution in [-0.2, 0) is 9.59 Å².